The number of rotatable bonds is 5. The van der Waals surface area contributed by atoms with Crippen LogP contribution in [0.2, 0.25) is 0 Å². The molecule has 2 N–H and O–H groups in total. The summed E-state index contributed by atoms with van der Waals surface area (Å²) in [6.07, 6.45) is 4.61. The minimum atomic E-state index is 0.777. The molecule has 0 aliphatic heterocycles. The Morgan fingerprint density at radius 2 is 2.00 bits per heavy atom. The molecule has 2 aromatic heterocycles. The first-order chi connectivity index (χ1) is 9.13. The lowest BCUT2D eigenvalue weighted by molar-refractivity contribution is 0.640. The highest BCUT2D eigenvalue weighted by Gasteiger charge is 2.15. The smallest absolute Gasteiger partial charge is 0.150 e. The molecule has 0 aliphatic carbocycles. The Morgan fingerprint density at radius 1 is 1.32 bits per heavy atom. The molecule has 0 aromatic carbocycles. The largest absolute Gasteiger partial charge is 0.394 e. The molecule has 0 unspecified atom stereocenters. The minimum Gasteiger partial charge on any atom is -0.394 e. The number of nitrogens with two attached hydrogens (primary N) is 1. The van der Waals surface area contributed by atoms with Gasteiger partial charge in [0.15, 0.2) is 0 Å². The third-order valence-corrected chi connectivity index (χ3v) is 3.29. The first kappa shape index (κ1) is 13.4. The molecule has 5 nitrogen and oxygen atoms in total. The quantitative estimate of drug-likeness (QED) is 0.890. The maximum Gasteiger partial charge on any atom is 0.150 e. The van der Waals surface area contributed by atoms with E-state index in [4.69, 9.17) is 5.73 Å². The summed E-state index contributed by atoms with van der Waals surface area (Å²) in [5.41, 5.74) is 9.06. The van der Waals surface area contributed by atoms with Gasteiger partial charge in [-0.3, -0.25) is 4.98 Å². The standard InChI is InChI=1S/C14H21N5/c1-4-19-14(13(15)11(2)17-19)18(3)10-7-12-5-8-16-9-6-12/h5-6,8-9H,4,7,10,15H2,1-3H3. The second kappa shape index (κ2) is 5.73. The van der Waals surface area contributed by atoms with Crippen LogP contribution in [0.15, 0.2) is 24.5 Å². The van der Waals surface area contributed by atoms with Crippen molar-refractivity contribution in [3.63, 3.8) is 0 Å². The Hall–Kier alpha value is -2.04. The van der Waals surface area contributed by atoms with E-state index in [0.717, 1.165) is 36.7 Å². The zero-order valence-corrected chi connectivity index (χ0v) is 11.8. The number of aryl methyl sites for hydroxylation is 2. The van der Waals surface area contributed by atoms with Gasteiger partial charge in [-0.15, -0.1) is 0 Å². The highest BCUT2D eigenvalue weighted by Crippen LogP contribution is 2.25. The lowest BCUT2D eigenvalue weighted by Crippen LogP contribution is -2.24. The van der Waals surface area contributed by atoms with Gasteiger partial charge in [0.1, 0.15) is 5.82 Å². The van der Waals surface area contributed by atoms with Gasteiger partial charge in [-0.05, 0) is 38.0 Å². The second-order valence-corrected chi connectivity index (χ2v) is 4.67. The Balaban J connectivity index is 2.10. The van der Waals surface area contributed by atoms with E-state index < -0.39 is 0 Å². The number of hydrogen-bond acceptors (Lipinski definition) is 4. The van der Waals surface area contributed by atoms with Crippen molar-refractivity contribution in [2.45, 2.75) is 26.8 Å². The van der Waals surface area contributed by atoms with Gasteiger partial charge in [-0.25, -0.2) is 4.68 Å². The van der Waals surface area contributed by atoms with Crippen molar-refractivity contribution in [3.05, 3.63) is 35.8 Å². The number of hydrogen-bond donors (Lipinski definition) is 1. The van der Waals surface area contributed by atoms with Crippen LogP contribution in [0.5, 0.6) is 0 Å². The third-order valence-electron chi connectivity index (χ3n) is 3.29. The lowest BCUT2D eigenvalue weighted by Gasteiger charge is -2.20. The van der Waals surface area contributed by atoms with E-state index in [9.17, 15) is 0 Å². The molecule has 0 aliphatic rings. The molecular weight excluding hydrogens is 238 g/mol. The van der Waals surface area contributed by atoms with Gasteiger partial charge < -0.3 is 10.6 Å². The van der Waals surface area contributed by atoms with E-state index >= 15 is 0 Å². The van der Waals surface area contributed by atoms with Crippen molar-refractivity contribution < 1.29 is 0 Å². The van der Waals surface area contributed by atoms with Crippen LogP contribution in [0, 0.1) is 6.92 Å². The molecule has 0 radical (unpaired) electrons. The molecule has 2 aromatic rings. The van der Waals surface area contributed by atoms with Gasteiger partial charge >= 0.3 is 0 Å². The van der Waals surface area contributed by atoms with Crippen LogP contribution in [0.25, 0.3) is 0 Å². The summed E-state index contributed by atoms with van der Waals surface area (Å²) in [5, 5.41) is 4.44. The van der Waals surface area contributed by atoms with Crippen molar-refractivity contribution in [1.82, 2.24) is 14.8 Å². The van der Waals surface area contributed by atoms with Gasteiger partial charge in [0, 0.05) is 32.5 Å². The van der Waals surface area contributed by atoms with Crippen LogP contribution in [-0.4, -0.2) is 28.4 Å². The first-order valence-corrected chi connectivity index (χ1v) is 6.56. The second-order valence-electron chi connectivity index (χ2n) is 4.67. The van der Waals surface area contributed by atoms with E-state index in [1.165, 1.54) is 5.56 Å². The van der Waals surface area contributed by atoms with Gasteiger partial charge in [0.2, 0.25) is 0 Å². The summed E-state index contributed by atoms with van der Waals surface area (Å²) in [7, 11) is 2.06. The number of aromatic nitrogens is 3. The summed E-state index contributed by atoms with van der Waals surface area (Å²) in [4.78, 5) is 6.19. The van der Waals surface area contributed by atoms with Crippen molar-refractivity contribution in [2.75, 3.05) is 24.2 Å². The fourth-order valence-corrected chi connectivity index (χ4v) is 2.16. The summed E-state index contributed by atoms with van der Waals surface area (Å²) in [6.45, 7) is 5.75. The first-order valence-electron chi connectivity index (χ1n) is 6.56. The van der Waals surface area contributed by atoms with E-state index in [1.54, 1.807) is 0 Å². The topological polar surface area (TPSA) is 60.0 Å². The Kier molecular flexibility index (Phi) is 4.04. The van der Waals surface area contributed by atoms with Crippen LogP contribution in [0.3, 0.4) is 0 Å². The van der Waals surface area contributed by atoms with Gasteiger partial charge in [-0.2, -0.15) is 5.10 Å². The van der Waals surface area contributed by atoms with Crippen LogP contribution >= 0.6 is 0 Å². The summed E-state index contributed by atoms with van der Waals surface area (Å²) >= 11 is 0. The molecule has 2 heterocycles. The molecule has 19 heavy (non-hydrogen) atoms. The maximum atomic E-state index is 6.11. The average Bonchev–Trinajstić information content (AvgIpc) is 2.73. The third kappa shape index (κ3) is 2.86. The molecule has 0 atom stereocenters. The Labute approximate surface area is 114 Å². The summed E-state index contributed by atoms with van der Waals surface area (Å²) in [6, 6.07) is 4.08. The fraction of sp³-hybridized carbons (Fsp3) is 0.429. The highest BCUT2D eigenvalue weighted by atomic mass is 15.4. The number of nitrogen functional groups attached to an aromatic ring is 1. The molecule has 0 spiro atoms. The highest BCUT2D eigenvalue weighted by molar-refractivity contribution is 5.65. The van der Waals surface area contributed by atoms with E-state index in [-0.39, 0.29) is 0 Å². The van der Waals surface area contributed by atoms with Gasteiger partial charge in [0.05, 0.1) is 11.4 Å². The van der Waals surface area contributed by atoms with Crippen LogP contribution in [0.4, 0.5) is 11.5 Å². The molecular formula is C14H21N5. The normalized spacial score (nSPS) is 10.7. The van der Waals surface area contributed by atoms with Gasteiger partial charge in [0.25, 0.3) is 0 Å². The molecule has 0 fully saturated rings. The predicted octanol–water partition coefficient (Wildman–Crippen LogP) is 1.87. The SMILES string of the molecule is CCn1nc(C)c(N)c1N(C)CCc1ccncc1. The number of pyridine rings is 1. The number of likely N-dealkylation sites (N-methyl/N-ethyl adjacent to an activating group) is 1. The van der Waals surface area contributed by atoms with Crippen molar-refractivity contribution in [3.8, 4) is 0 Å². The van der Waals surface area contributed by atoms with E-state index in [1.807, 2.05) is 36.1 Å². The van der Waals surface area contributed by atoms with Crippen LogP contribution in [-0.2, 0) is 13.0 Å². The summed E-state index contributed by atoms with van der Waals surface area (Å²) in [5.74, 6) is 1.01. The molecule has 0 amide bonds. The van der Waals surface area contributed by atoms with Crippen LogP contribution in [0.1, 0.15) is 18.2 Å². The van der Waals surface area contributed by atoms with E-state index in [0.29, 0.717) is 0 Å². The average molecular weight is 259 g/mol. The lowest BCUT2D eigenvalue weighted by atomic mass is 10.2. The minimum absolute atomic E-state index is 0.777. The Morgan fingerprint density at radius 3 is 2.63 bits per heavy atom. The van der Waals surface area contributed by atoms with Gasteiger partial charge in [-0.1, -0.05) is 0 Å². The van der Waals surface area contributed by atoms with Crippen LogP contribution < -0.4 is 10.6 Å². The Bertz CT molecular complexity index is 532. The zero-order valence-electron chi connectivity index (χ0n) is 11.8. The molecule has 0 saturated carbocycles. The molecule has 2 rings (SSSR count). The summed E-state index contributed by atoms with van der Waals surface area (Å²) < 4.78 is 1.96. The molecule has 102 valence electrons. The fourth-order valence-electron chi connectivity index (χ4n) is 2.16. The van der Waals surface area contributed by atoms with E-state index in [2.05, 4.69) is 29.0 Å². The molecule has 0 saturated heterocycles. The predicted molar refractivity (Wildman–Crippen MR) is 78.3 cm³/mol. The van der Waals surface area contributed by atoms with Crippen molar-refractivity contribution >= 4 is 11.5 Å². The monoisotopic (exact) mass is 259 g/mol. The maximum absolute atomic E-state index is 6.11. The number of nitrogens with zero attached hydrogens (tertiary/aromatic N) is 4. The van der Waals surface area contributed by atoms with Crippen molar-refractivity contribution in [2.24, 2.45) is 0 Å². The van der Waals surface area contributed by atoms with Crippen molar-refractivity contribution in [1.29, 1.82) is 0 Å². The zero-order chi connectivity index (χ0) is 13.8. The molecule has 5 heteroatoms. The number of anilines is 2. The molecule has 0 bridgehead atoms.